The number of benzene rings is 2. The SMILES string of the molecule is Cc1ccccc1C(=O)NCC(F)(F)c1ccc(-c2ccc(Cl)nc2)cc1Cl. The topological polar surface area (TPSA) is 42.0 Å². The maximum Gasteiger partial charge on any atom is 0.291 e. The van der Waals surface area contributed by atoms with Gasteiger partial charge < -0.3 is 5.32 Å². The van der Waals surface area contributed by atoms with Crippen LogP contribution in [0, 0.1) is 6.92 Å². The molecular formula is C21H16Cl2F2N2O. The Morgan fingerprint density at radius 2 is 1.79 bits per heavy atom. The lowest BCUT2D eigenvalue weighted by Crippen LogP contribution is -2.35. The molecule has 1 aromatic heterocycles. The zero-order chi connectivity index (χ0) is 20.3. The molecule has 1 N–H and O–H groups in total. The van der Waals surface area contributed by atoms with Gasteiger partial charge in [0.05, 0.1) is 11.6 Å². The van der Waals surface area contributed by atoms with E-state index in [1.54, 1.807) is 43.3 Å². The van der Waals surface area contributed by atoms with E-state index in [0.29, 0.717) is 27.4 Å². The van der Waals surface area contributed by atoms with E-state index in [1.165, 1.54) is 24.4 Å². The lowest BCUT2D eigenvalue weighted by Gasteiger charge is -2.19. The summed E-state index contributed by atoms with van der Waals surface area (Å²) in [5.74, 6) is -3.88. The van der Waals surface area contributed by atoms with Gasteiger partial charge in [-0.1, -0.05) is 53.5 Å². The van der Waals surface area contributed by atoms with E-state index in [-0.39, 0.29) is 10.6 Å². The second-order valence-corrected chi connectivity index (χ2v) is 7.06. The molecule has 0 saturated carbocycles. The van der Waals surface area contributed by atoms with Gasteiger partial charge in [-0.15, -0.1) is 0 Å². The summed E-state index contributed by atoms with van der Waals surface area (Å²) in [4.78, 5) is 16.2. The number of hydrogen-bond acceptors (Lipinski definition) is 2. The van der Waals surface area contributed by atoms with E-state index in [4.69, 9.17) is 23.2 Å². The van der Waals surface area contributed by atoms with Crippen molar-refractivity contribution in [2.45, 2.75) is 12.8 Å². The van der Waals surface area contributed by atoms with Crippen molar-refractivity contribution in [2.75, 3.05) is 6.54 Å². The van der Waals surface area contributed by atoms with Crippen molar-refractivity contribution >= 4 is 29.1 Å². The Morgan fingerprint density at radius 1 is 1.07 bits per heavy atom. The van der Waals surface area contributed by atoms with Crippen LogP contribution in [-0.2, 0) is 5.92 Å². The predicted octanol–water partition coefficient (Wildman–Crippen LogP) is 5.89. The molecular weight excluding hydrogens is 405 g/mol. The molecule has 0 saturated heterocycles. The molecule has 3 rings (SSSR count). The zero-order valence-corrected chi connectivity index (χ0v) is 16.4. The Labute approximate surface area is 171 Å². The fourth-order valence-electron chi connectivity index (χ4n) is 2.75. The highest BCUT2D eigenvalue weighted by atomic mass is 35.5. The molecule has 144 valence electrons. The summed E-state index contributed by atoms with van der Waals surface area (Å²) in [6.07, 6.45) is 1.54. The molecule has 28 heavy (non-hydrogen) atoms. The first-order valence-electron chi connectivity index (χ1n) is 8.41. The first-order valence-corrected chi connectivity index (χ1v) is 9.17. The van der Waals surface area contributed by atoms with Crippen LogP contribution >= 0.6 is 23.2 Å². The zero-order valence-electron chi connectivity index (χ0n) is 14.8. The molecule has 7 heteroatoms. The first kappa shape index (κ1) is 20.2. The summed E-state index contributed by atoms with van der Waals surface area (Å²) in [6.45, 7) is 0.885. The summed E-state index contributed by atoms with van der Waals surface area (Å²) in [7, 11) is 0. The second kappa shape index (κ2) is 8.25. The molecule has 3 aromatic rings. The average molecular weight is 421 g/mol. The molecule has 0 unspecified atom stereocenters. The summed E-state index contributed by atoms with van der Waals surface area (Å²) in [5.41, 5.74) is 2.05. The van der Waals surface area contributed by atoms with Crippen molar-refractivity contribution in [2.24, 2.45) is 0 Å². The minimum absolute atomic E-state index is 0.0948. The Hall–Kier alpha value is -2.50. The van der Waals surface area contributed by atoms with Gasteiger partial charge >= 0.3 is 0 Å². The number of pyridine rings is 1. The highest BCUT2D eigenvalue weighted by Gasteiger charge is 2.34. The minimum Gasteiger partial charge on any atom is -0.346 e. The monoisotopic (exact) mass is 420 g/mol. The Kier molecular flexibility index (Phi) is 5.96. The standard InChI is InChI=1S/C21H16Cl2F2N2O/c1-13-4-2-3-5-16(13)20(28)27-12-21(24,25)17-8-6-14(10-18(17)22)15-7-9-19(23)26-11-15/h2-11H,12H2,1H3,(H,27,28). The molecule has 0 aliphatic rings. The molecule has 2 aromatic carbocycles. The molecule has 1 amide bonds. The van der Waals surface area contributed by atoms with Crippen molar-refractivity contribution in [3.63, 3.8) is 0 Å². The molecule has 3 nitrogen and oxygen atoms in total. The van der Waals surface area contributed by atoms with Gasteiger partial charge in [0, 0.05) is 22.9 Å². The third kappa shape index (κ3) is 4.49. The number of aromatic nitrogens is 1. The molecule has 0 fully saturated rings. The van der Waals surface area contributed by atoms with E-state index in [2.05, 4.69) is 10.3 Å². The molecule has 0 aliphatic heterocycles. The van der Waals surface area contributed by atoms with Crippen molar-refractivity contribution < 1.29 is 13.6 Å². The maximum atomic E-state index is 14.7. The number of nitrogens with zero attached hydrogens (tertiary/aromatic N) is 1. The highest BCUT2D eigenvalue weighted by molar-refractivity contribution is 6.31. The third-order valence-electron chi connectivity index (χ3n) is 4.28. The lowest BCUT2D eigenvalue weighted by atomic mass is 10.0. The van der Waals surface area contributed by atoms with Crippen molar-refractivity contribution in [1.29, 1.82) is 0 Å². The molecule has 1 heterocycles. The number of hydrogen-bond donors (Lipinski definition) is 1. The second-order valence-electron chi connectivity index (χ2n) is 6.27. The number of carbonyl (C=O) groups excluding carboxylic acids is 1. The van der Waals surface area contributed by atoms with Crippen molar-refractivity contribution in [1.82, 2.24) is 10.3 Å². The van der Waals surface area contributed by atoms with Crippen LogP contribution in [0.3, 0.4) is 0 Å². The summed E-state index contributed by atoms with van der Waals surface area (Å²) < 4.78 is 29.3. The van der Waals surface area contributed by atoms with Crippen LogP contribution in [0.4, 0.5) is 8.78 Å². The van der Waals surface area contributed by atoms with Gasteiger partial charge in [-0.25, -0.2) is 4.98 Å². The van der Waals surface area contributed by atoms with Crippen LogP contribution < -0.4 is 5.32 Å². The number of carbonyl (C=O) groups is 1. The van der Waals surface area contributed by atoms with Gasteiger partial charge in [0.15, 0.2) is 0 Å². The number of rotatable bonds is 5. The fourth-order valence-corrected chi connectivity index (χ4v) is 3.18. The first-order chi connectivity index (χ1) is 13.3. The molecule has 0 radical (unpaired) electrons. The van der Waals surface area contributed by atoms with Crippen molar-refractivity contribution in [3.8, 4) is 11.1 Å². The average Bonchev–Trinajstić information content (AvgIpc) is 2.67. The van der Waals surface area contributed by atoms with Crippen molar-refractivity contribution in [3.05, 3.63) is 87.7 Å². The van der Waals surface area contributed by atoms with Crippen LogP contribution in [0.2, 0.25) is 10.2 Å². The van der Waals surface area contributed by atoms with Crippen LogP contribution in [0.1, 0.15) is 21.5 Å². The van der Waals surface area contributed by atoms with Crippen LogP contribution in [0.5, 0.6) is 0 Å². The van der Waals surface area contributed by atoms with Gasteiger partial charge in [0.1, 0.15) is 5.15 Å². The van der Waals surface area contributed by atoms with Gasteiger partial charge in [0.2, 0.25) is 0 Å². The minimum atomic E-state index is -3.33. The van der Waals surface area contributed by atoms with Gasteiger partial charge in [-0.3, -0.25) is 4.79 Å². The smallest absolute Gasteiger partial charge is 0.291 e. The summed E-state index contributed by atoms with van der Waals surface area (Å²) in [6, 6.07) is 14.3. The highest BCUT2D eigenvalue weighted by Crippen LogP contribution is 2.35. The summed E-state index contributed by atoms with van der Waals surface area (Å²) in [5, 5.41) is 2.53. The fraction of sp³-hybridized carbons (Fsp3) is 0.143. The Morgan fingerprint density at radius 3 is 2.43 bits per heavy atom. The largest absolute Gasteiger partial charge is 0.346 e. The quantitative estimate of drug-likeness (QED) is 0.523. The number of aryl methyl sites for hydroxylation is 1. The van der Waals surface area contributed by atoms with Gasteiger partial charge in [-0.05, 0) is 42.3 Å². The van der Waals surface area contributed by atoms with E-state index >= 15 is 0 Å². The molecule has 0 bridgehead atoms. The van der Waals surface area contributed by atoms with Crippen LogP contribution in [0.15, 0.2) is 60.8 Å². The number of halogens is 4. The summed E-state index contributed by atoms with van der Waals surface area (Å²) >= 11 is 11.9. The molecule has 0 aliphatic carbocycles. The maximum absolute atomic E-state index is 14.7. The molecule has 0 spiro atoms. The van der Waals surface area contributed by atoms with E-state index in [1.807, 2.05) is 0 Å². The Balaban J connectivity index is 1.77. The predicted molar refractivity (Wildman–Crippen MR) is 107 cm³/mol. The van der Waals surface area contributed by atoms with Crippen LogP contribution in [-0.4, -0.2) is 17.4 Å². The Bertz CT molecular complexity index is 1010. The number of nitrogens with one attached hydrogen (secondary N) is 1. The van der Waals surface area contributed by atoms with Gasteiger partial charge in [-0.2, -0.15) is 8.78 Å². The van der Waals surface area contributed by atoms with E-state index < -0.39 is 18.4 Å². The van der Waals surface area contributed by atoms with Crippen LogP contribution in [0.25, 0.3) is 11.1 Å². The van der Waals surface area contributed by atoms with Gasteiger partial charge in [0.25, 0.3) is 11.8 Å². The molecule has 0 atom stereocenters. The van der Waals surface area contributed by atoms with E-state index in [9.17, 15) is 13.6 Å². The third-order valence-corrected chi connectivity index (χ3v) is 4.82. The number of alkyl halides is 2. The normalized spacial score (nSPS) is 11.3. The number of amides is 1. The lowest BCUT2D eigenvalue weighted by molar-refractivity contribution is -0.00236. The van der Waals surface area contributed by atoms with E-state index in [0.717, 1.165) is 0 Å².